The lowest BCUT2D eigenvalue weighted by Gasteiger charge is -2.32. The maximum Gasteiger partial charge on any atom is 0.231 e. The van der Waals surface area contributed by atoms with E-state index in [1.54, 1.807) is 11.1 Å². The van der Waals surface area contributed by atoms with Gasteiger partial charge < -0.3 is 10.1 Å². The molecule has 2 aromatic heterocycles. The number of aromatic nitrogens is 2. The summed E-state index contributed by atoms with van der Waals surface area (Å²) in [6.45, 7) is 4.43. The molecule has 168 valence electrons. The molecule has 6 nitrogen and oxygen atoms in total. The monoisotopic (exact) mass is 442 g/mol. The third-order valence-electron chi connectivity index (χ3n) is 7.19. The van der Waals surface area contributed by atoms with E-state index >= 15 is 0 Å². The molecule has 1 amide bonds. The topological polar surface area (TPSA) is 59.4 Å². The first-order valence-electron chi connectivity index (χ1n) is 12.0. The highest BCUT2D eigenvalue weighted by Crippen LogP contribution is 2.37. The van der Waals surface area contributed by atoms with Gasteiger partial charge in [0.2, 0.25) is 5.91 Å². The Bertz CT molecular complexity index is 859. The van der Waals surface area contributed by atoms with Crippen LogP contribution in [0.4, 0.5) is 5.82 Å². The van der Waals surface area contributed by atoms with Crippen LogP contribution < -0.4 is 5.32 Å². The Balaban J connectivity index is 1.13. The second kappa shape index (κ2) is 9.84. The molecule has 3 fully saturated rings. The van der Waals surface area contributed by atoms with Gasteiger partial charge in [-0.3, -0.25) is 9.69 Å². The van der Waals surface area contributed by atoms with Gasteiger partial charge in [-0.15, -0.1) is 11.3 Å². The highest BCUT2D eigenvalue weighted by atomic mass is 32.1. The number of piperidine rings is 1. The van der Waals surface area contributed by atoms with Crippen molar-refractivity contribution < 1.29 is 9.53 Å². The van der Waals surface area contributed by atoms with Gasteiger partial charge in [0.25, 0.3) is 0 Å². The van der Waals surface area contributed by atoms with Gasteiger partial charge in [-0.05, 0) is 50.2 Å². The van der Waals surface area contributed by atoms with Crippen LogP contribution in [-0.2, 0) is 16.1 Å². The number of anilines is 1. The minimum Gasteiger partial charge on any atom is -0.381 e. The lowest BCUT2D eigenvalue weighted by molar-refractivity contribution is -0.119. The van der Waals surface area contributed by atoms with Crippen LogP contribution in [0.15, 0.2) is 24.4 Å². The maximum absolute atomic E-state index is 12.5. The summed E-state index contributed by atoms with van der Waals surface area (Å²) in [6, 6.07) is 7.01. The van der Waals surface area contributed by atoms with Crippen molar-refractivity contribution in [3.05, 3.63) is 34.2 Å². The largest absolute Gasteiger partial charge is 0.381 e. The predicted molar refractivity (Wildman–Crippen MR) is 123 cm³/mol. The molecule has 0 spiro atoms. The quantitative estimate of drug-likeness (QED) is 0.698. The number of nitrogens with zero attached hydrogens (tertiary/aromatic N) is 3. The van der Waals surface area contributed by atoms with Gasteiger partial charge in [0.15, 0.2) is 0 Å². The molecule has 1 N–H and O–H groups in total. The fraction of sp³-hybridized carbons (Fsp3) is 0.667. The molecule has 2 aromatic rings. The number of thiophene rings is 1. The first kappa shape index (κ1) is 21.2. The lowest BCUT2D eigenvalue weighted by atomic mass is 9.88. The van der Waals surface area contributed by atoms with E-state index in [1.807, 2.05) is 22.1 Å². The molecule has 0 radical (unpaired) electrons. The molecule has 2 saturated heterocycles. The van der Waals surface area contributed by atoms with Crippen molar-refractivity contribution in [2.75, 3.05) is 31.6 Å². The summed E-state index contributed by atoms with van der Waals surface area (Å²) < 4.78 is 7.38. The van der Waals surface area contributed by atoms with Crippen LogP contribution in [0.3, 0.4) is 0 Å². The van der Waals surface area contributed by atoms with Crippen LogP contribution in [0.5, 0.6) is 0 Å². The standard InChI is InChI=1S/C24H34N4O2S/c29-24(19-11-15-30-17-19)26-23-8-12-25-28(23)20-9-13-27(14-10-20)16-21-6-7-22(31-21)18-4-2-1-3-5-18/h6-8,12,18-20H,1-5,9-11,13-17H2,(H,26,29)/t19-/m1/s1. The Kier molecular flexibility index (Phi) is 6.72. The Morgan fingerprint density at radius 3 is 2.71 bits per heavy atom. The highest BCUT2D eigenvalue weighted by molar-refractivity contribution is 7.12. The Hall–Kier alpha value is -1.70. The number of hydrogen-bond acceptors (Lipinski definition) is 5. The average Bonchev–Trinajstić information content (AvgIpc) is 3.57. The first-order chi connectivity index (χ1) is 15.3. The molecule has 5 rings (SSSR count). The number of amides is 1. The second-order valence-corrected chi connectivity index (χ2v) is 10.6. The summed E-state index contributed by atoms with van der Waals surface area (Å²) in [5, 5.41) is 7.62. The number of nitrogens with one attached hydrogen (secondary N) is 1. The molecule has 0 unspecified atom stereocenters. The number of rotatable bonds is 6. The van der Waals surface area contributed by atoms with E-state index in [-0.39, 0.29) is 11.8 Å². The Labute approximate surface area is 189 Å². The van der Waals surface area contributed by atoms with Gasteiger partial charge in [-0.2, -0.15) is 5.10 Å². The van der Waals surface area contributed by atoms with Crippen molar-refractivity contribution in [2.45, 2.75) is 69.9 Å². The van der Waals surface area contributed by atoms with Gasteiger partial charge in [0.05, 0.1) is 24.8 Å². The number of carbonyl (C=O) groups is 1. The summed E-state index contributed by atoms with van der Waals surface area (Å²) >= 11 is 2.04. The van der Waals surface area contributed by atoms with Crippen molar-refractivity contribution in [3.8, 4) is 0 Å². The normalized spacial score (nSPS) is 23.9. The van der Waals surface area contributed by atoms with Gasteiger partial charge in [-0.25, -0.2) is 4.68 Å². The summed E-state index contributed by atoms with van der Waals surface area (Å²) in [5.41, 5.74) is 0. The SMILES string of the molecule is O=C(Nc1ccnn1C1CCN(Cc2ccc(C3CCCCC3)s2)CC1)[C@@H]1CCOC1. The molecule has 1 atom stereocenters. The zero-order valence-electron chi connectivity index (χ0n) is 18.3. The van der Waals surface area contributed by atoms with E-state index in [0.717, 1.165) is 50.6 Å². The zero-order chi connectivity index (χ0) is 21.0. The Morgan fingerprint density at radius 2 is 1.94 bits per heavy atom. The molecule has 1 aliphatic carbocycles. The smallest absolute Gasteiger partial charge is 0.231 e. The van der Waals surface area contributed by atoms with Crippen LogP contribution in [0.2, 0.25) is 0 Å². The fourth-order valence-electron chi connectivity index (χ4n) is 5.30. The number of likely N-dealkylation sites (tertiary alicyclic amines) is 1. The molecule has 0 aromatic carbocycles. The minimum atomic E-state index is -0.0329. The van der Waals surface area contributed by atoms with Gasteiger partial charge >= 0.3 is 0 Å². The second-order valence-electron chi connectivity index (χ2n) is 9.36. The molecule has 7 heteroatoms. The molecular formula is C24H34N4O2S. The van der Waals surface area contributed by atoms with Crippen molar-refractivity contribution in [3.63, 3.8) is 0 Å². The molecule has 2 aliphatic heterocycles. The molecule has 1 saturated carbocycles. The van der Waals surface area contributed by atoms with Crippen LogP contribution >= 0.6 is 11.3 Å². The lowest BCUT2D eigenvalue weighted by Crippen LogP contribution is -2.35. The van der Waals surface area contributed by atoms with E-state index in [2.05, 4.69) is 27.4 Å². The average molecular weight is 443 g/mol. The van der Waals surface area contributed by atoms with E-state index in [4.69, 9.17) is 4.74 Å². The molecule has 0 bridgehead atoms. The molecule has 4 heterocycles. The van der Waals surface area contributed by atoms with E-state index in [9.17, 15) is 4.79 Å². The molecule has 31 heavy (non-hydrogen) atoms. The van der Waals surface area contributed by atoms with Crippen molar-refractivity contribution in [2.24, 2.45) is 5.92 Å². The van der Waals surface area contributed by atoms with Crippen molar-refractivity contribution in [1.29, 1.82) is 0 Å². The van der Waals surface area contributed by atoms with Crippen LogP contribution in [-0.4, -0.2) is 46.9 Å². The highest BCUT2D eigenvalue weighted by Gasteiger charge is 2.27. The number of carbonyl (C=O) groups excluding carboxylic acids is 1. The van der Waals surface area contributed by atoms with Gasteiger partial charge in [0.1, 0.15) is 5.82 Å². The number of hydrogen-bond donors (Lipinski definition) is 1. The van der Waals surface area contributed by atoms with Crippen molar-refractivity contribution in [1.82, 2.24) is 14.7 Å². The van der Waals surface area contributed by atoms with E-state index < -0.39 is 0 Å². The van der Waals surface area contributed by atoms with Crippen LogP contribution in [0, 0.1) is 5.92 Å². The first-order valence-corrected chi connectivity index (χ1v) is 12.8. The maximum atomic E-state index is 12.5. The van der Waals surface area contributed by atoms with Gasteiger partial charge in [0, 0.05) is 42.1 Å². The summed E-state index contributed by atoms with van der Waals surface area (Å²) in [4.78, 5) is 18.2. The van der Waals surface area contributed by atoms with Gasteiger partial charge in [-0.1, -0.05) is 19.3 Å². The zero-order valence-corrected chi connectivity index (χ0v) is 19.1. The number of ether oxygens (including phenoxy) is 1. The third kappa shape index (κ3) is 5.04. The van der Waals surface area contributed by atoms with Crippen LogP contribution in [0.1, 0.15) is 73.1 Å². The van der Waals surface area contributed by atoms with E-state index in [0.29, 0.717) is 19.3 Å². The minimum absolute atomic E-state index is 0.0329. The van der Waals surface area contributed by atoms with Crippen molar-refractivity contribution >= 4 is 23.1 Å². The third-order valence-corrected chi connectivity index (χ3v) is 8.43. The molecule has 3 aliphatic rings. The fourth-order valence-corrected chi connectivity index (χ4v) is 6.53. The van der Waals surface area contributed by atoms with E-state index in [1.165, 1.54) is 37.0 Å². The predicted octanol–water partition coefficient (Wildman–Crippen LogP) is 4.80. The summed E-state index contributed by atoms with van der Waals surface area (Å²) in [6.07, 6.45) is 11.7. The summed E-state index contributed by atoms with van der Waals surface area (Å²) in [5.74, 6) is 1.66. The Morgan fingerprint density at radius 1 is 1.10 bits per heavy atom. The molecular weight excluding hydrogens is 408 g/mol. The van der Waals surface area contributed by atoms with Crippen LogP contribution in [0.25, 0.3) is 0 Å². The summed E-state index contributed by atoms with van der Waals surface area (Å²) in [7, 11) is 0.